The van der Waals surface area contributed by atoms with Crippen molar-refractivity contribution < 1.29 is 9.90 Å². The minimum atomic E-state index is -0.991. The second-order valence-corrected chi connectivity index (χ2v) is 3.53. The molecule has 0 bridgehead atoms. The average molecular weight is 197 g/mol. The summed E-state index contributed by atoms with van der Waals surface area (Å²) in [5.74, 6) is -0.398. The normalized spacial score (nSPS) is 10.6. The highest BCUT2D eigenvalue weighted by molar-refractivity contribution is 5.87. The van der Waals surface area contributed by atoms with Crippen molar-refractivity contribution in [3.8, 4) is 0 Å². The van der Waals surface area contributed by atoms with Gasteiger partial charge in [-0.25, -0.2) is 9.78 Å². The lowest BCUT2D eigenvalue weighted by atomic mass is 10.3. The number of hydrogen-bond acceptors (Lipinski definition) is 3. The molecule has 14 heavy (non-hydrogen) atoms. The van der Waals surface area contributed by atoms with E-state index in [1.807, 2.05) is 13.8 Å². The Bertz CT molecular complexity index is 355. The van der Waals surface area contributed by atoms with Crippen molar-refractivity contribution in [3.63, 3.8) is 0 Å². The first-order chi connectivity index (χ1) is 6.43. The molecular formula is C9H15N3O2. The maximum atomic E-state index is 10.8. The number of carboxylic acids is 1. The molecule has 0 aliphatic heterocycles. The van der Waals surface area contributed by atoms with Gasteiger partial charge in [-0.2, -0.15) is 0 Å². The van der Waals surface area contributed by atoms with Gasteiger partial charge in [-0.05, 0) is 20.8 Å². The van der Waals surface area contributed by atoms with Gasteiger partial charge < -0.3 is 15.0 Å². The topological polar surface area (TPSA) is 67.2 Å². The summed E-state index contributed by atoms with van der Waals surface area (Å²) in [6, 6.07) is 0.233. The second kappa shape index (κ2) is 3.69. The Kier molecular flexibility index (Phi) is 2.78. The van der Waals surface area contributed by atoms with Gasteiger partial charge in [0.2, 0.25) is 5.95 Å². The SMILES string of the molecule is Cc1c(C(=O)O)nc(NC(C)C)n1C. The van der Waals surface area contributed by atoms with E-state index < -0.39 is 5.97 Å². The third-order valence-corrected chi connectivity index (χ3v) is 2.00. The first kappa shape index (κ1) is 10.6. The van der Waals surface area contributed by atoms with Crippen LogP contribution in [0.5, 0.6) is 0 Å². The van der Waals surface area contributed by atoms with E-state index in [1.54, 1.807) is 18.5 Å². The molecule has 1 heterocycles. The lowest BCUT2D eigenvalue weighted by Gasteiger charge is -2.08. The van der Waals surface area contributed by atoms with Crippen LogP contribution >= 0.6 is 0 Å². The molecule has 0 aliphatic carbocycles. The number of anilines is 1. The number of aromatic nitrogens is 2. The lowest BCUT2D eigenvalue weighted by molar-refractivity contribution is 0.0690. The van der Waals surface area contributed by atoms with Crippen molar-refractivity contribution in [2.24, 2.45) is 7.05 Å². The van der Waals surface area contributed by atoms with Crippen LogP contribution in [0.25, 0.3) is 0 Å². The van der Waals surface area contributed by atoms with E-state index in [9.17, 15) is 4.79 Å². The Morgan fingerprint density at radius 2 is 2.14 bits per heavy atom. The maximum Gasteiger partial charge on any atom is 0.356 e. The second-order valence-electron chi connectivity index (χ2n) is 3.53. The summed E-state index contributed by atoms with van der Waals surface area (Å²) in [5, 5.41) is 11.9. The highest BCUT2D eigenvalue weighted by atomic mass is 16.4. The minimum absolute atomic E-state index is 0.107. The Labute approximate surface area is 82.8 Å². The number of rotatable bonds is 3. The van der Waals surface area contributed by atoms with Gasteiger partial charge in [0.1, 0.15) is 0 Å². The molecule has 0 fully saturated rings. The Balaban J connectivity index is 3.08. The van der Waals surface area contributed by atoms with Crippen molar-refractivity contribution in [1.82, 2.24) is 9.55 Å². The third kappa shape index (κ3) is 1.86. The number of carbonyl (C=O) groups is 1. The minimum Gasteiger partial charge on any atom is -0.476 e. The van der Waals surface area contributed by atoms with Crippen LogP contribution in [-0.2, 0) is 7.05 Å². The highest BCUT2D eigenvalue weighted by Gasteiger charge is 2.16. The molecule has 2 N–H and O–H groups in total. The van der Waals surface area contributed by atoms with E-state index in [1.165, 1.54) is 0 Å². The standard InChI is InChI=1S/C9H15N3O2/c1-5(2)10-9-11-7(8(13)14)6(3)12(9)4/h5H,1-4H3,(H,10,11)(H,13,14). The van der Waals surface area contributed by atoms with Gasteiger partial charge in [0.05, 0.1) is 5.69 Å². The summed E-state index contributed by atoms with van der Waals surface area (Å²) >= 11 is 0. The molecule has 0 unspecified atom stereocenters. The van der Waals surface area contributed by atoms with Gasteiger partial charge >= 0.3 is 5.97 Å². The fourth-order valence-electron chi connectivity index (χ4n) is 1.17. The fourth-order valence-corrected chi connectivity index (χ4v) is 1.17. The number of hydrogen-bond donors (Lipinski definition) is 2. The molecule has 0 spiro atoms. The maximum absolute atomic E-state index is 10.8. The number of nitrogens with one attached hydrogen (secondary N) is 1. The molecule has 0 saturated carbocycles. The van der Waals surface area contributed by atoms with Crippen LogP contribution in [0.3, 0.4) is 0 Å². The Morgan fingerprint density at radius 3 is 2.50 bits per heavy atom. The van der Waals surface area contributed by atoms with Gasteiger partial charge in [0.25, 0.3) is 0 Å². The van der Waals surface area contributed by atoms with Crippen molar-refractivity contribution in [3.05, 3.63) is 11.4 Å². The molecule has 0 atom stereocenters. The van der Waals surface area contributed by atoms with Crippen LogP contribution in [0.1, 0.15) is 30.0 Å². The largest absolute Gasteiger partial charge is 0.476 e. The van der Waals surface area contributed by atoms with Gasteiger partial charge in [-0.3, -0.25) is 0 Å². The summed E-state index contributed by atoms with van der Waals surface area (Å²) in [5.41, 5.74) is 0.760. The quantitative estimate of drug-likeness (QED) is 0.765. The van der Waals surface area contributed by atoms with E-state index >= 15 is 0 Å². The van der Waals surface area contributed by atoms with Crippen LogP contribution in [0.2, 0.25) is 0 Å². The highest BCUT2D eigenvalue weighted by Crippen LogP contribution is 2.13. The van der Waals surface area contributed by atoms with Gasteiger partial charge in [-0.15, -0.1) is 0 Å². The lowest BCUT2D eigenvalue weighted by Crippen LogP contribution is -2.13. The van der Waals surface area contributed by atoms with Crippen LogP contribution in [-0.4, -0.2) is 26.7 Å². The van der Waals surface area contributed by atoms with Crippen molar-refractivity contribution >= 4 is 11.9 Å². The van der Waals surface area contributed by atoms with Crippen LogP contribution in [0.15, 0.2) is 0 Å². The van der Waals surface area contributed by atoms with Crippen LogP contribution in [0, 0.1) is 6.92 Å². The van der Waals surface area contributed by atoms with Gasteiger partial charge in [0, 0.05) is 13.1 Å². The predicted molar refractivity (Wildman–Crippen MR) is 53.7 cm³/mol. The molecule has 5 nitrogen and oxygen atoms in total. The smallest absolute Gasteiger partial charge is 0.356 e. The van der Waals surface area contributed by atoms with E-state index in [2.05, 4.69) is 10.3 Å². The molecule has 5 heteroatoms. The zero-order chi connectivity index (χ0) is 10.9. The molecule has 1 rings (SSSR count). The van der Waals surface area contributed by atoms with Crippen molar-refractivity contribution in [2.45, 2.75) is 26.8 Å². The van der Waals surface area contributed by atoms with Gasteiger partial charge in [-0.1, -0.05) is 0 Å². The molecule has 78 valence electrons. The molecule has 0 aromatic carbocycles. The molecular weight excluding hydrogens is 182 g/mol. The first-order valence-electron chi connectivity index (χ1n) is 4.46. The average Bonchev–Trinajstić information content (AvgIpc) is 2.32. The van der Waals surface area contributed by atoms with E-state index in [0.717, 1.165) is 0 Å². The zero-order valence-corrected chi connectivity index (χ0v) is 8.83. The third-order valence-electron chi connectivity index (χ3n) is 2.00. The fraction of sp³-hybridized carbons (Fsp3) is 0.556. The summed E-state index contributed by atoms with van der Waals surface area (Å²) in [7, 11) is 1.79. The Hall–Kier alpha value is -1.52. The van der Waals surface area contributed by atoms with E-state index in [4.69, 9.17) is 5.11 Å². The molecule has 1 aromatic rings. The number of aromatic carboxylic acids is 1. The van der Waals surface area contributed by atoms with Crippen molar-refractivity contribution in [1.29, 1.82) is 0 Å². The van der Waals surface area contributed by atoms with E-state index in [0.29, 0.717) is 11.6 Å². The van der Waals surface area contributed by atoms with E-state index in [-0.39, 0.29) is 11.7 Å². The van der Waals surface area contributed by atoms with Gasteiger partial charge in [0.15, 0.2) is 5.69 Å². The predicted octanol–water partition coefficient (Wildman–Crippen LogP) is 1.25. The summed E-state index contributed by atoms with van der Waals surface area (Å²) < 4.78 is 1.74. The molecule has 0 radical (unpaired) electrons. The monoisotopic (exact) mass is 197 g/mol. The van der Waals surface area contributed by atoms with Crippen LogP contribution in [0.4, 0.5) is 5.95 Å². The summed E-state index contributed by atoms with van der Waals surface area (Å²) in [6.45, 7) is 5.69. The number of nitrogens with zero attached hydrogens (tertiary/aromatic N) is 2. The number of imidazole rings is 1. The zero-order valence-electron chi connectivity index (χ0n) is 8.83. The molecule has 0 amide bonds. The molecule has 1 aromatic heterocycles. The molecule has 0 aliphatic rings. The first-order valence-corrected chi connectivity index (χ1v) is 4.46. The summed E-state index contributed by atoms with van der Waals surface area (Å²) in [6.07, 6.45) is 0. The van der Waals surface area contributed by atoms with Crippen molar-refractivity contribution in [2.75, 3.05) is 5.32 Å². The van der Waals surface area contributed by atoms with Crippen LogP contribution < -0.4 is 5.32 Å². The summed E-state index contributed by atoms with van der Waals surface area (Å²) in [4.78, 5) is 14.8. The molecule has 0 saturated heterocycles. The number of carboxylic acid groups (broad SMARTS) is 1. The Morgan fingerprint density at radius 1 is 1.57 bits per heavy atom.